The third-order valence-electron chi connectivity index (χ3n) is 3.07. The normalized spacial score (nSPS) is 17.3. The average Bonchev–Trinajstić information content (AvgIpc) is 2.98. The van der Waals surface area contributed by atoms with Crippen LogP contribution >= 0.6 is 0 Å². The summed E-state index contributed by atoms with van der Waals surface area (Å²) in [6, 6.07) is -0.380. The summed E-state index contributed by atoms with van der Waals surface area (Å²) < 4.78 is 5.27. The molecule has 1 saturated heterocycles. The second-order valence-corrected chi connectivity index (χ2v) is 6.55. The molecule has 9 nitrogen and oxygen atoms in total. The van der Waals surface area contributed by atoms with Crippen molar-refractivity contribution in [2.75, 3.05) is 40.8 Å². The van der Waals surface area contributed by atoms with Gasteiger partial charge in [0.15, 0.2) is 6.10 Å². The van der Waals surface area contributed by atoms with Crippen molar-refractivity contribution in [1.82, 2.24) is 5.32 Å². The van der Waals surface area contributed by atoms with Gasteiger partial charge in [-0.3, -0.25) is 4.79 Å². The van der Waals surface area contributed by atoms with Crippen molar-refractivity contribution in [2.45, 2.75) is 45.3 Å². The number of rotatable bonds is 6. The molecule has 1 rings (SSSR count). The number of ether oxygens (including phenoxy) is 1. The van der Waals surface area contributed by atoms with E-state index in [1.807, 2.05) is 0 Å². The molecule has 3 N–H and O–H groups in total. The number of aliphatic hydroxyl groups excluding tert-OH is 1. The molecule has 25 heavy (non-hydrogen) atoms. The maximum absolute atomic E-state index is 10.2. The Morgan fingerprint density at radius 2 is 1.88 bits per heavy atom. The quantitative estimate of drug-likeness (QED) is 0.386. The number of nitrogens with zero attached hydrogens (tertiary/aromatic N) is 1. The van der Waals surface area contributed by atoms with Crippen LogP contribution in [0.2, 0.25) is 0 Å². The summed E-state index contributed by atoms with van der Waals surface area (Å²) in [6.45, 7) is 4.76. The molecule has 0 spiro atoms. The number of carboxylic acids is 2. The van der Waals surface area contributed by atoms with E-state index in [9.17, 15) is 19.5 Å². The molecule has 1 unspecified atom stereocenters. The van der Waals surface area contributed by atoms with E-state index in [2.05, 4.69) is 31.2 Å². The van der Waals surface area contributed by atoms with Crippen LogP contribution in [0.3, 0.4) is 0 Å². The fourth-order valence-electron chi connectivity index (χ4n) is 1.69. The number of nitrogens with one attached hydrogen (secondary N) is 1. The Labute approximate surface area is 149 Å². The highest BCUT2D eigenvalue weighted by molar-refractivity contribution is 5.76. The van der Waals surface area contributed by atoms with Gasteiger partial charge in [0.1, 0.15) is 6.54 Å². The fourth-order valence-corrected chi connectivity index (χ4v) is 1.69. The first-order valence-corrected chi connectivity index (χ1v) is 8.20. The molecule has 1 aliphatic rings. The molecular weight excluding hydrogens is 332 g/mol. The lowest BCUT2D eigenvalue weighted by Gasteiger charge is -2.21. The number of likely N-dealkylation sites (N-methyl/N-ethyl adjacent to an activating group) is 1. The smallest absolute Gasteiger partial charge is 0.345 e. The lowest BCUT2D eigenvalue weighted by atomic mass is 10.2. The third-order valence-corrected chi connectivity index (χ3v) is 3.07. The van der Waals surface area contributed by atoms with Crippen LogP contribution in [0.5, 0.6) is 0 Å². The first-order chi connectivity index (χ1) is 11.4. The number of aliphatic carboxylic acids is 2. The SMILES string of the molecule is CCC(OC(C)=O)C(=O)O.C[N+](C)(C)CCO.O=C([O-])[C@@H]1CCCN1. The largest absolute Gasteiger partial charge is 0.548 e. The van der Waals surface area contributed by atoms with E-state index >= 15 is 0 Å². The topological polar surface area (TPSA) is 136 Å². The van der Waals surface area contributed by atoms with Gasteiger partial charge in [0.2, 0.25) is 0 Å². The molecule has 0 bridgehead atoms. The predicted molar refractivity (Wildman–Crippen MR) is 89.5 cm³/mol. The number of esters is 1. The molecule has 0 radical (unpaired) electrons. The molecule has 0 aromatic carbocycles. The summed E-state index contributed by atoms with van der Waals surface area (Å²) in [5.41, 5.74) is 0. The Morgan fingerprint density at radius 1 is 1.32 bits per heavy atom. The van der Waals surface area contributed by atoms with E-state index in [-0.39, 0.29) is 12.6 Å². The van der Waals surface area contributed by atoms with Crippen LogP contribution in [0.15, 0.2) is 0 Å². The molecule has 0 aromatic rings. The molecule has 2 atom stereocenters. The first kappa shape index (κ1) is 25.5. The van der Waals surface area contributed by atoms with Gasteiger partial charge in [-0.1, -0.05) is 6.92 Å². The molecule has 9 heteroatoms. The second kappa shape index (κ2) is 13.6. The molecule has 0 aromatic heterocycles. The number of carbonyl (C=O) groups is 3. The minimum Gasteiger partial charge on any atom is -0.548 e. The molecule has 1 aliphatic heterocycles. The first-order valence-electron chi connectivity index (χ1n) is 8.20. The van der Waals surface area contributed by atoms with Crippen LogP contribution in [0.25, 0.3) is 0 Å². The maximum atomic E-state index is 10.2. The zero-order valence-corrected chi connectivity index (χ0v) is 15.8. The zero-order valence-electron chi connectivity index (χ0n) is 15.8. The molecule has 0 saturated carbocycles. The molecule has 1 heterocycles. The van der Waals surface area contributed by atoms with E-state index in [1.165, 1.54) is 6.92 Å². The molecule has 0 amide bonds. The van der Waals surface area contributed by atoms with Gasteiger partial charge in [-0.15, -0.1) is 0 Å². The van der Waals surface area contributed by atoms with Crippen LogP contribution in [0, 0.1) is 0 Å². The van der Waals surface area contributed by atoms with Crippen molar-refractivity contribution in [3.8, 4) is 0 Å². The lowest BCUT2D eigenvalue weighted by molar-refractivity contribution is -0.870. The summed E-state index contributed by atoms with van der Waals surface area (Å²) in [4.78, 5) is 30.4. The standard InChI is InChI=1S/C6H10O4.C5H9NO2.C5H14NO/c1-3-5(6(8)9)10-4(2)7;7-5(8)4-2-1-3-6-4;1-6(2,3)4-5-7/h5H,3H2,1-2H3,(H,8,9);4,6H,1-3H2,(H,7,8);7H,4-5H2,1-3H3/q;;+1/p-1/t;4-;/m.0./s1. The highest BCUT2D eigenvalue weighted by Gasteiger charge is 2.17. The highest BCUT2D eigenvalue weighted by Crippen LogP contribution is 2.02. The van der Waals surface area contributed by atoms with Crippen molar-refractivity contribution < 1.29 is 38.9 Å². The van der Waals surface area contributed by atoms with Crippen LogP contribution in [-0.2, 0) is 19.1 Å². The fraction of sp³-hybridized carbons (Fsp3) is 0.812. The summed E-state index contributed by atoms with van der Waals surface area (Å²) in [7, 11) is 6.16. The van der Waals surface area contributed by atoms with E-state index in [4.69, 9.17) is 10.2 Å². The van der Waals surface area contributed by atoms with Crippen molar-refractivity contribution in [1.29, 1.82) is 0 Å². The Bertz CT molecular complexity index is 402. The molecule has 0 aliphatic carbocycles. The summed E-state index contributed by atoms with van der Waals surface area (Å²) in [5, 5.41) is 29.6. The number of carboxylic acid groups (broad SMARTS) is 2. The van der Waals surface area contributed by atoms with Gasteiger partial charge >= 0.3 is 11.9 Å². The van der Waals surface area contributed by atoms with Crippen LogP contribution in [-0.4, -0.2) is 85.6 Å². The van der Waals surface area contributed by atoms with E-state index in [0.717, 1.165) is 30.4 Å². The number of hydrogen-bond donors (Lipinski definition) is 3. The number of aliphatic hydroxyl groups is 1. The number of carbonyl (C=O) groups excluding carboxylic acids is 2. The van der Waals surface area contributed by atoms with Crippen LogP contribution in [0.1, 0.15) is 33.1 Å². The van der Waals surface area contributed by atoms with Crippen LogP contribution < -0.4 is 10.4 Å². The van der Waals surface area contributed by atoms with Gasteiger partial charge in [-0.2, -0.15) is 0 Å². The Hall–Kier alpha value is -1.71. The third kappa shape index (κ3) is 16.9. The number of hydrogen-bond acceptors (Lipinski definition) is 7. The van der Waals surface area contributed by atoms with Crippen molar-refractivity contribution in [3.05, 3.63) is 0 Å². The Balaban J connectivity index is 0. The van der Waals surface area contributed by atoms with Crippen molar-refractivity contribution in [3.63, 3.8) is 0 Å². The zero-order chi connectivity index (χ0) is 20.0. The molecule has 1 fully saturated rings. The van der Waals surface area contributed by atoms with E-state index in [0.29, 0.717) is 6.42 Å². The monoisotopic (exact) mass is 364 g/mol. The van der Waals surface area contributed by atoms with E-state index in [1.54, 1.807) is 6.92 Å². The van der Waals surface area contributed by atoms with E-state index < -0.39 is 24.0 Å². The average molecular weight is 364 g/mol. The highest BCUT2D eigenvalue weighted by atomic mass is 16.6. The van der Waals surface area contributed by atoms with Crippen molar-refractivity contribution >= 4 is 17.9 Å². The van der Waals surface area contributed by atoms with Gasteiger partial charge in [-0.05, 0) is 25.8 Å². The predicted octanol–water partition coefficient (Wildman–Crippen LogP) is -1.41. The molecule has 148 valence electrons. The van der Waals surface area contributed by atoms with Gasteiger partial charge in [-0.25, -0.2) is 4.79 Å². The van der Waals surface area contributed by atoms with Gasteiger partial charge in [0.05, 0.1) is 33.7 Å². The summed E-state index contributed by atoms with van der Waals surface area (Å²) in [5.74, 6) is -2.63. The van der Waals surface area contributed by atoms with Crippen molar-refractivity contribution in [2.24, 2.45) is 0 Å². The van der Waals surface area contributed by atoms with Gasteiger partial charge in [0, 0.05) is 13.0 Å². The Kier molecular flexibility index (Phi) is 13.9. The van der Waals surface area contributed by atoms with Gasteiger partial charge in [0.25, 0.3) is 0 Å². The number of quaternary nitrogens is 1. The summed E-state index contributed by atoms with van der Waals surface area (Å²) >= 11 is 0. The van der Waals surface area contributed by atoms with Crippen LogP contribution in [0.4, 0.5) is 0 Å². The second-order valence-electron chi connectivity index (χ2n) is 6.55. The molecular formula is C16H32N2O7. The maximum Gasteiger partial charge on any atom is 0.345 e. The minimum absolute atomic E-state index is 0.281. The summed E-state index contributed by atoms with van der Waals surface area (Å²) in [6.07, 6.45) is 0.994. The lowest BCUT2D eigenvalue weighted by Crippen LogP contribution is -2.41. The Morgan fingerprint density at radius 3 is 2.00 bits per heavy atom. The van der Waals surface area contributed by atoms with Gasteiger partial charge < -0.3 is 34.7 Å². The minimum atomic E-state index is -1.10.